The molecule has 15 heavy (non-hydrogen) atoms. The van der Waals surface area contributed by atoms with Crippen molar-refractivity contribution in [2.75, 3.05) is 13.2 Å². The first kappa shape index (κ1) is 10.3. The molecule has 3 nitrogen and oxygen atoms in total. The molecule has 80 valence electrons. The number of aromatic nitrogens is 1. The van der Waals surface area contributed by atoms with Gasteiger partial charge in [0, 0.05) is 31.3 Å². The summed E-state index contributed by atoms with van der Waals surface area (Å²) in [4.78, 5) is 15.8. The van der Waals surface area contributed by atoms with Crippen molar-refractivity contribution >= 4 is 5.78 Å². The van der Waals surface area contributed by atoms with E-state index in [0.717, 1.165) is 25.0 Å². The van der Waals surface area contributed by atoms with Gasteiger partial charge in [-0.3, -0.25) is 9.78 Å². The third kappa shape index (κ3) is 2.86. The molecular formula is C12H15NO2. The van der Waals surface area contributed by atoms with Gasteiger partial charge in [0.25, 0.3) is 0 Å². The van der Waals surface area contributed by atoms with Gasteiger partial charge in [0.15, 0.2) is 0 Å². The Hall–Kier alpha value is -1.22. The fourth-order valence-corrected chi connectivity index (χ4v) is 1.84. The highest BCUT2D eigenvalue weighted by atomic mass is 16.5. The Bertz CT molecular complexity index is 318. The normalized spacial score (nSPS) is 21.2. The van der Waals surface area contributed by atoms with Crippen molar-refractivity contribution in [3.8, 4) is 0 Å². The second-order valence-corrected chi connectivity index (χ2v) is 3.91. The zero-order valence-electron chi connectivity index (χ0n) is 8.69. The van der Waals surface area contributed by atoms with E-state index in [1.54, 1.807) is 12.4 Å². The Labute approximate surface area is 89.5 Å². The summed E-state index contributed by atoms with van der Waals surface area (Å²) in [5, 5.41) is 0. The Morgan fingerprint density at radius 2 is 2.27 bits per heavy atom. The highest BCUT2D eigenvalue weighted by Crippen LogP contribution is 2.16. The maximum Gasteiger partial charge on any atom is 0.142 e. The lowest BCUT2D eigenvalue weighted by atomic mass is 9.93. The molecule has 1 fully saturated rings. The average molecular weight is 205 g/mol. The zero-order chi connectivity index (χ0) is 10.5. The highest BCUT2D eigenvalue weighted by Gasteiger charge is 2.21. The van der Waals surface area contributed by atoms with Gasteiger partial charge >= 0.3 is 0 Å². The molecule has 2 heterocycles. The van der Waals surface area contributed by atoms with Crippen LogP contribution >= 0.6 is 0 Å². The van der Waals surface area contributed by atoms with E-state index in [1.165, 1.54) is 0 Å². The standard InChI is InChI=1S/C12H15NO2/c14-12(11-2-1-7-15-9-11)8-10-3-5-13-6-4-10/h3-6,11H,1-2,7-9H2. The van der Waals surface area contributed by atoms with Crippen LogP contribution in [0.4, 0.5) is 0 Å². The van der Waals surface area contributed by atoms with Gasteiger partial charge in [-0.15, -0.1) is 0 Å². The van der Waals surface area contributed by atoms with E-state index in [0.29, 0.717) is 18.8 Å². The van der Waals surface area contributed by atoms with Crippen LogP contribution in [0.1, 0.15) is 18.4 Å². The molecule has 0 aliphatic carbocycles. The minimum atomic E-state index is 0.104. The molecule has 1 atom stereocenters. The quantitative estimate of drug-likeness (QED) is 0.752. The highest BCUT2D eigenvalue weighted by molar-refractivity contribution is 5.83. The van der Waals surface area contributed by atoms with Crippen LogP contribution in [0.5, 0.6) is 0 Å². The van der Waals surface area contributed by atoms with E-state index >= 15 is 0 Å². The van der Waals surface area contributed by atoms with Crippen molar-refractivity contribution in [2.45, 2.75) is 19.3 Å². The summed E-state index contributed by atoms with van der Waals surface area (Å²) in [6.07, 6.45) is 5.94. The summed E-state index contributed by atoms with van der Waals surface area (Å²) in [7, 11) is 0. The van der Waals surface area contributed by atoms with E-state index in [-0.39, 0.29) is 5.92 Å². The van der Waals surface area contributed by atoms with Crippen molar-refractivity contribution in [1.29, 1.82) is 0 Å². The van der Waals surface area contributed by atoms with E-state index in [9.17, 15) is 4.79 Å². The molecule has 0 amide bonds. The molecule has 1 saturated heterocycles. The fourth-order valence-electron chi connectivity index (χ4n) is 1.84. The van der Waals surface area contributed by atoms with Crippen molar-refractivity contribution in [3.63, 3.8) is 0 Å². The van der Waals surface area contributed by atoms with Crippen LogP contribution in [0.15, 0.2) is 24.5 Å². The zero-order valence-corrected chi connectivity index (χ0v) is 8.69. The van der Waals surface area contributed by atoms with Crippen molar-refractivity contribution in [1.82, 2.24) is 4.98 Å². The van der Waals surface area contributed by atoms with Gasteiger partial charge in [0.2, 0.25) is 0 Å². The summed E-state index contributed by atoms with van der Waals surface area (Å²) >= 11 is 0. The predicted molar refractivity (Wildman–Crippen MR) is 56.5 cm³/mol. The molecule has 1 aliphatic heterocycles. The number of hydrogen-bond acceptors (Lipinski definition) is 3. The SMILES string of the molecule is O=C(Cc1ccncc1)C1CCCOC1. The second-order valence-electron chi connectivity index (χ2n) is 3.91. The van der Waals surface area contributed by atoms with Gasteiger partial charge in [0.1, 0.15) is 5.78 Å². The van der Waals surface area contributed by atoms with Crippen LogP contribution in [0.25, 0.3) is 0 Å². The van der Waals surface area contributed by atoms with E-state index < -0.39 is 0 Å². The number of nitrogens with zero attached hydrogens (tertiary/aromatic N) is 1. The van der Waals surface area contributed by atoms with Gasteiger partial charge in [-0.25, -0.2) is 0 Å². The summed E-state index contributed by atoms with van der Waals surface area (Å²) in [6, 6.07) is 3.78. The van der Waals surface area contributed by atoms with E-state index in [4.69, 9.17) is 4.74 Å². The van der Waals surface area contributed by atoms with E-state index in [2.05, 4.69) is 4.98 Å². The molecule has 1 unspecified atom stereocenters. The van der Waals surface area contributed by atoms with Crippen LogP contribution in [0.2, 0.25) is 0 Å². The predicted octanol–water partition coefficient (Wildman–Crippen LogP) is 1.62. The molecule has 0 bridgehead atoms. The van der Waals surface area contributed by atoms with Crippen molar-refractivity contribution in [3.05, 3.63) is 30.1 Å². The van der Waals surface area contributed by atoms with Gasteiger partial charge in [-0.2, -0.15) is 0 Å². The summed E-state index contributed by atoms with van der Waals surface area (Å²) in [6.45, 7) is 1.41. The molecule has 0 saturated carbocycles. The lowest BCUT2D eigenvalue weighted by Gasteiger charge is -2.20. The van der Waals surface area contributed by atoms with Crippen LogP contribution in [0, 0.1) is 5.92 Å². The second kappa shape index (κ2) is 5.03. The van der Waals surface area contributed by atoms with Gasteiger partial charge < -0.3 is 4.74 Å². The lowest BCUT2D eigenvalue weighted by Crippen LogP contribution is -2.26. The number of hydrogen-bond donors (Lipinski definition) is 0. The first-order chi connectivity index (χ1) is 7.36. The molecule has 1 aromatic heterocycles. The van der Waals surface area contributed by atoms with Crippen LogP contribution in [-0.2, 0) is 16.0 Å². The summed E-state index contributed by atoms with van der Waals surface area (Å²) in [5.41, 5.74) is 1.04. The third-order valence-electron chi connectivity index (χ3n) is 2.74. The van der Waals surface area contributed by atoms with E-state index in [1.807, 2.05) is 12.1 Å². The largest absolute Gasteiger partial charge is 0.381 e. The molecule has 0 N–H and O–H groups in total. The lowest BCUT2D eigenvalue weighted by molar-refractivity contribution is -0.126. The molecule has 0 aromatic carbocycles. The molecular weight excluding hydrogens is 190 g/mol. The average Bonchev–Trinajstić information content (AvgIpc) is 2.31. The van der Waals surface area contributed by atoms with Crippen LogP contribution in [-0.4, -0.2) is 24.0 Å². The number of Topliss-reactive ketones (excluding diaryl/α,β-unsaturated/α-hetero) is 1. The number of rotatable bonds is 3. The molecule has 2 rings (SSSR count). The smallest absolute Gasteiger partial charge is 0.142 e. The fraction of sp³-hybridized carbons (Fsp3) is 0.500. The Kier molecular flexibility index (Phi) is 3.45. The number of ketones is 1. The molecule has 3 heteroatoms. The number of carbonyl (C=O) groups is 1. The molecule has 0 spiro atoms. The third-order valence-corrected chi connectivity index (χ3v) is 2.74. The maximum atomic E-state index is 11.9. The van der Waals surface area contributed by atoms with Gasteiger partial charge in [0.05, 0.1) is 6.61 Å². The Balaban J connectivity index is 1.91. The number of carbonyl (C=O) groups excluding carboxylic acids is 1. The van der Waals surface area contributed by atoms with Crippen LogP contribution in [0.3, 0.4) is 0 Å². The minimum absolute atomic E-state index is 0.104. The molecule has 1 aromatic rings. The van der Waals surface area contributed by atoms with Crippen LogP contribution < -0.4 is 0 Å². The monoisotopic (exact) mass is 205 g/mol. The maximum absolute atomic E-state index is 11.9. The van der Waals surface area contributed by atoms with Crippen molar-refractivity contribution < 1.29 is 9.53 Å². The topological polar surface area (TPSA) is 39.2 Å². The summed E-state index contributed by atoms with van der Waals surface area (Å²) < 4.78 is 5.31. The van der Waals surface area contributed by atoms with Gasteiger partial charge in [-0.05, 0) is 30.5 Å². The number of pyridine rings is 1. The van der Waals surface area contributed by atoms with Gasteiger partial charge in [-0.1, -0.05) is 0 Å². The Morgan fingerprint density at radius 1 is 1.47 bits per heavy atom. The Morgan fingerprint density at radius 3 is 2.93 bits per heavy atom. The minimum Gasteiger partial charge on any atom is -0.381 e. The molecule has 1 aliphatic rings. The summed E-state index contributed by atoms with van der Waals surface area (Å²) in [5.74, 6) is 0.396. The number of ether oxygens (including phenoxy) is 1. The first-order valence-electron chi connectivity index (χ1n) is 5.35. The first-order valence-corrected chi connectivity index (χ1v) is 5.35. The molecule has 0 radical (unpaired) electrons. The van der Waals surface area contributed by atoms with Crippen molar-refractivity contribution in [2.24, 2.45) is 5.92 Å².